The van der Waals surface area contributed by atoms with Gasteiger partial charge in [0, 0.05) is 6.04 Å². The largest absolute Gasteiger partial charge is 0.353 e. The molecule has 4 heteroatoms. The van der Waals surface area contributed by atoms with Crippen LogP contribution in [0.1, 0.15) is 26.2 Å². The molecule has 0 spiro atoms. The van der Waals surface area contributed by atoms with E-state index in [1.807, 2.05) is 6.92 Å². The van der Waals surface area contributed by atoms with Crippen molar-refractivity contribution >= 4 is 29.1 Å². The van der Waals surface area contributed by atoms with Crippen LogP contribution in [-0.2, 0) is 4.79 Å². The first-order chi connectivity index (χ1) is 5.46. The minimum absolute atomic E-state index is 0.00926. The molecule has 0 aromatic rings. The second-order valence-corrected chi connectivity index (χ2v) is 5.44. The van der Waals surface area contributed by atoms with E-state index in [4.69, 9.17) is 23.2 Å². The van der Waals surface area contributed by atoms with Gasteiger partial charge < -0.3 is 5.32 Å². The highest BCUT2D eigenvalue weighted by Crippen LogP contribution is 2.63. The van der Waals surface area contributed by atoms with Crippen LogP contribution in [0.2, 0.25) is 0 Å². The van der Waals surface area contributed by atoms with Gasteiger partial charge in [0.15, 0.2) is 0 Å². The van der Waals surface area contributed by atoms with Crippen molar-refractivity contribution < 1.29 is 4.79 Å². The van der Waals surface area contributed by atoms with Crippen molar-refractivity contribution in [1.29, 1.82) is 0 Å². The van der Waals surface area contributed by atoms with E-state index >= 15 is 0 Å². The van der Waals surface area contributed by atoms with Crippen LogP contribution in [0.5, 0.6) is 0 Å². The van der Waals surface area contributed by atoms with Crippen molar-refractivity contribution in [2.24, 2.45) is 5.41 Å². The summed E-state index contributed by atoms with van der Waals surface area (Å²) in [5, 5.41) is 2.90. The van der Waals surface area contributed by atoms with E-state index in [0.29, 0.717) is 12.5 Å². The lowest BCUT2D eigenvalue weighted by Crippen LogP contribution is -2.34. The SMILES string of the molecule is CC1(C(=O)NC2CC2)CC1(Cl)Cl. The Hall–Kier alpha value is 0.0500. The van der Waals surface area contributed by atoms with Crippen LogP contribution < -0.4 is 5.32 Å². The van der Waals surface area contributed by atoms with E-state index < -0.39 is 9.75 Å². The van der Waals surface area contributed by atoms with Crippen molar-refractivity contribution in [1.82, 2.24) is 5.32 Å². The van der Waals surface area contributed by atoms with Gasteiger partial charge in [-0.15, -0.1) is 23.2 Å². The normalized spacial score (nSPS) is 37.6. The van der Waals surface area contributed by atoms with Gasteiger partial charge in [-0.3, -0.25) is 4.79 Å². The minimum Gasteiger partial charge on any atom is -0.353 e. The molecule has 0 heterocycles. The molecule has 0 radical (unpaired) electrons. The van der Waals surface area contributed by atoms with Gasteiger partial charge in [-0.05, 0) is 26.2 Å². The van der Waals surface area contributed by atoms with Gasteiger partial charge in [0.25, 0.3) is 0 Å². The average Bonchev–Trinajstić information content (AvgIpc) is 2.76. The second-order valence-electron chi connectivity index (χ2n) is 3.96. The second kappa shape index (κ2) is 2.30. The van der Waals surface area contributed by atoms with Crippen LogP contribution in [0.4, 0.5) is 0 Å². The van der Waals surface area contributed by atoms with Crippen molar-refractivity contribution in [3.63, 3.8) is 0 Å². The van der Waals surface area contributed by atoms with Crippen molar-refractivity contribution in [3.8, 4) is 0 Å². The number of carbonyl (C=O) groups excluding carboxylic acids is 1. The average molecular weight is 208 g/mol. The monoisotopic (exact) mass is 207 g/mol. The molecule has 68 valence electrons. The summed E-state index contributed by atoms with van der Waals surface area (Å²) in [6.45, 7) is 1.81. The van der Waals surface area contributed by atoms with E-state index in [-0.39, 0.29) is 5.91 Å². The standard InChI is InChI=1S/C8H11Cl2NO/c1-7(4-8(7,9)10)6(12)11-5-2-3-5/h5H,2-4H2,1H3,(H,11,12). The molecule has 1 atom stereocenters. The minimum atomic E-state index is -0.827. The number of rotatable bonds is 2. The summed E-state index contributed by atoms with van der Waals surface area (Å²) >= 11 is 11.7. The van der Waals surface area contributed by atoms with E-state index in [0.717, 1.165) is 12.8 Å². The Labute approximate surface area is 81.6 Å². The molecule has 0 bridgehead atoms. The Kier molecular flexibility index (Phi) is 1.65. The van der Waals surface area contributed by atoms with Gasteiger partial charge in [0.05, 0.1) is 5.41 Å². The maximum atomic E-state index is 11.5. The molecule has 2 aliphatic carbocycles. The molecule has 2 nitrogen and oxygen atoms in total. The number of hydrogen-bond acceptors (Lipinski definition) is 1. The molecule has 12 heavy (non-hydrogen) atoms. The lowest BCUT2D eigenvalue weighted by atomic mass is 10.1. The van der Waals surface area contributed by atoms with E-state index in [9.17, 15) is 4.79 Å². The molecule has 2 rings (SSSR count). The molecule has 2 fully saturated rings. The number of amides is 1. The molecule has 0 aromatic heterocycles. The van der Waals surface area contributed by atoms with Crippen LogP contribution in [0.15, 0.2) is 0 Å². The summed E-state index contributed by atoms with van der Waals surface area (Å²) in [6, 6.07) is 0.388. The van der Waals surface area contributed by atoms with Gasteiger partial charge in [0.2, 0.25) is 5.91 Å². The highest BCUT2D eigenvalue weighted by Gasteiger charge is 2.68. The summed E-state index contributed by atoms with van der Waals surface area (Å²) in [4.78, 5) is 11.5. The first-order valence-electron chi connectivity index (χ1n) is 4.14. The molecular weight excluding hydrogens is 197 g/mol. The Morgan fingerprint density at radius 3 is 2.33 bits per heavy atom. The Morgan fingerprint density at radius 2 is 2.00 bits per heavy atom. The molecule has 0 aliphatic heterocycles. The van der Waals surface area contributed by atoms with Crippen molar-refractivity contribution in [2.75, 3.05) is 0 Å². The zero-order chi connectivity index (χ0) is 8.98. The lowest BCUT2D eigenvalue weighted by molar-refractivity contribution is -0.125. The predicted molar refractivity (Wildman–Crippen MR) is 48.3 cm³/mol. The maximum Gasteiger partial charge on any atom is 0.229 e. The third kappa shape index (κ3) is 1.21. The zero-order valence-corrected chi connectivity index (χ0v) is 8.37. The van der Waals surface area contributed by atoms with Gasteiger partial charge in [-0.1, -0.05) is 0 Å². The van der Waals surface area contributed by atoms with Crippen molar-refractivity contribution in [3.05, 3.63) is 0 Å². The molecule has 1 N–H and O–H groups in total. The predicted octanol–water partition coefficient (Wildman–Crippen LogP) is 1.85. The zero-order valence-electron chi connectivity index (χ0n) is 6.86. The number of halogens is 2. The summed E-state index contributed by atoms with van der Waals surface area (Å²) < 4.78 is -0.827. The number of nitrogens with one attached hydrogen (secondary N) is 1. The summed E-state index contributed by atoms with van der Waals surface area (Å²) in [5.74, 6) is 0.00926. The van der Waals surface area contributed by atoms with Crippen LogP contribution in [0.25, 0.3) is 0 Å². The number of alkyl halides is 2. The molecule has 2 aliphatic rings. The Balaban J connectivity index is 1.96. The number of hydrogen-bond donors (Lipinski definition) is 1. The topological polar surface area (TPSA) is 29.1 Å². The fourth-order valence-electron chi connectivity index (χ4n) is 1.22. The van der Waals surface area contributed by atoms with Crippen LogP contribution in [0, 0.1) is 5.41 Å². The van der Waals surface area contributed by atoms with E-state index in [2.05, 4.69) is 5.32 Å². The lowest BCUT2D eigenvalue weighted by Gasteiger charge is -2.11. The molecular formula is C8H11Cl2NO. The quantitative estimate of drug-likeness (QED) is 0.689. The van der Waals surface area contributed by atoms with Crippen LogP contribution in [-0.4, -0.2) is 16.3 Å². The molecule has 0 aromatic carbocycles. The fourth-order valence-corrected chi connectivity index (χ4v) is 1.92. The van der Waals surface area contributed by atoms with Gasteiger partial charge in [-0.2, -0.15) is 0 Å². The molecule has 0 saturated heterocycles. The van der Waals surface area contributed by atoms with Gasteiger partial charge in [-0.25, -0.2) is 0 Å². The summed E-state index contributed by atoms with van der Waals surface area (Å²) in [7, 11) is 0. The third-order valence-corrected chi connectivity index (χ3v) is 3.77. The van der Waals surface area contributed by atoms with Crippen LogP contribution in [0.3, 0.4) is 0 Å². The maximum absolute atomic E-state index is 11.5. The third-order valence-electron chi connectivity index (χ3n) is 2.67. The molecule has 1 unspecified atom stereocenters. The summed E-state index contributed by atoms with van der Waals surface area (Å²) in [5.41, 5.74) is -0.543. The van der Waals surface area contributed by atoms with Crippen molar-refractivity contribution in [2.45, 2.75) is 36.6 Å². The van der Waals surface area contributed by atoms with Gasteiger partial charge >= 0.3 is 0 Å². The smallest absolute Gasteiger partial charge is 0.229 e. The Bertz CT molecular complexity index is 237. The highest BCUT2D eigenvalue weighted by atomic mass is 35.5. The highest BCUT2D eigenvalue weighted by molar-refractivity contribution is 6.53. The molecule has 2 saturated carbocycles. The molecule has 1 amide bonds. The van der Waals surface area contributed by atoms with Gasteiger partial charge in [0.1, 0.15) is 4.33 Å². The fraction of sp³-hybridized carbons (Fsp3) is 0.875. The summed E-state index contributed by atoms with van der Waals surface area (Å²) in [6.07, 6.45) is 2.76. The first kappa shape index (κ1) is 8.64. The van der Waals surface area contributed by atoms with E-state index in [1.54, 1.807) is 0 Å². The van der Waals surface area contributed by atoms with Crippen LogP contribution >= 0.6 is 23.2 Å². The number of carbonyl (C=O) groups is 1. The van der Waals surface area contributed by atoms with E-state index in [1.165, 1.54) is 0 Å². The first-order valence-corrected chi connectivity index (χ1v) is 4.90. The Morgan fingerprint density at radius 1 is 1.50 bits per heavy atom.